The number of phenols is 1. The molecule has 0 saturated carbocycles. The molecule has 7 heteroatoms. The smallest absolute Gasteiger partial charge is 0.259 e. The molecule has 0 bridgehead atoms. The van der Waals surface area contributed by atoms with E-state index in [-0.39, 0.29) is 23.3 Å². The van der Waals surface area contributed by atoms with Gasteiger partial charge < -0.3 is 10.4 Å². The predicted octanol–water partition coefficient (Wildman–Crippen LogP) is 5.26. The first-order valence-corrected chi connectivity index (χ1v) is 8.76. The second-order valence-electron chi connectivity index (χ2n) is 6.10. The molecule has 0 aliphatic carbocycles. The Morgan fingerprint density at radius 2 is 1.77 bits per heavy atom. The standard InChI is InChI=1S/C19H17Cl2N3O2/c1-11(2)18-15(10-22-24(18)14-6-3-12(20)4-7-14)19(26)23-16-9-13(21)5-8-17(16)25/h3-11,25H,1-2H3,(H,23,26). The highest BCUT2D eigenvalue weighted by Gasteiger charge is 2.21. The summed E-state index contributed by atoms with van der Waals surface area (Å²) in [4.78, 5) is 12.8. The second-order valence-corrected chi connectivity index (χ2v) is 6.97. The lowest BCUT2D eigenvalue weighted by Gasteiger charge is -2.13. The van der Waals surface area contributed by atoms with Crippen molar-refractivity contribution in [1.29, 1.82) is 0 Å². The van der Waals surface area contributed by atoms with E-state index in [1.54, 1.807) is 22.9 Å². The van der Waals surface area contributed by atoms with Gasteiger partial charge in [-0.15, -0.1) is 0 Å². The highest BCUT2D eigenvalue weighted by Crippen LogP contribution is 2.29. The minimum Gasteiger partial charge on any atom is -0.506 e. The molecular weight excluding hydrogens is 373 g/mol. The summed E-state index contributed by atoms with van der Waals surface area (Å²) in [5, 5.41) is 18.0. The van der Waals surface area contributed by atoms with E-state index in [1.165, 1.54) is 18.3 Å². The minimum absolute atomic E-state index is 0.0434. The molecule has 3 aromatic rings. The fourth-order valence-electron chi connectivity index (χ4n) is 2.67. The fraction of sp³-hybridized carbons (Fsp3) is 0.158. The van der Waals surface area contributed by atoms with Crippen LogP contribution in [0.25, 0.3) is 5.69 Å². The van der Waals surface area contributed by atoms with E-state index >= 15 is 0 Å². The zero-order valence-corrected chi connectivity index (χ0v) is 15.7. The van der Waals surface area contributed by atoms with Crippen LogP contribution in [-0.2, 0) is 0 Å². The summed E-state index contributed by atoms with van der Waals surface area (Å²) in [5.41, 5.74) is 2.24. The molecule has 0 saturated heterocycles. The Bertz CT molecular complexity index is 950. The molecule has 2 N–H and O–H groups in total. The van der Waals surface area contributed by atoms with Gasteiger partial charge in [0, 0.05) is 10.0 Å². The number of rotatable bonds is 4. The lowest BCUT2D eigenvalue weighted by molar-refractivity contribution is 0.102. The van der Waals surface area contributed by atoms with Crippen molar-refractivity contribution in [3.05, 3.63) is 70.0 Å². The molecule has 26 heavy (non-hydrogen) atoms. The zero-order chi connectivity index (χ0) is 18.8. The van der Waals surface area contributed by atoms with E-state index < -0.39 is 0 Å². The number of phenolic OH excluding ortho intramolecular Hbond substituents is 1. The van der Waals surface area contributed by atoms with Gasteiger partial charge in [-0.05, 0) is 48.4 Å². The molecule has 2 aromatic carbocycles. The van der Waals surface area contributed by atoms with Crippen molar-refractivity contribution >= 4 is 34.8 Å². The van der Waals surface area contributed by atoms with E-state index in [2.05, 4.69) is 10.4 Å². The normalized spacial score (nSPS) is 11.0. The molecule has 0 fully saturated rings. The van der Waals surface area contributed by atoms with E-state index in [0.717, 1.165) is 11.4 Å². The molecule has 0 aliphatic rings. The number of amides is 1. The highest BCUT2D eigenvalue weighted by molar-refractivity contribution is 6.31. The number of nitrogens with one attached hydrogen (secondary N) is 1. The van der Waals surface area contributed by atoms with Gasteiger partial charge in [0.15, 0.2) is 0 Å². The summed E-state index contributed by atoms with van der Waals surface area (Å²) in [6.07, 6.45) is 1.51. The van der Waals surface area contributed by atoms with Crippen molar-refractivity contribution in [2.75, 3.05) is 5.32 Å². The van der Waals surface area contributed by atoms with Crippen LogP contribution in [0.5, 0.6) is 5.75 Å². The summed E-state index contributed by atoms with van der Waals surface area (Å²) in [6.45, 7) is 3.97. The molecule has 0 unspecified atom stereocenters. The predicted molar refractivity (Wildman–Crippen MR) is 104 cm³/mol. The van der Waals surface area contributed by atoms with Crippen molar-refractivity contribution in [1.82, 2.24) is 9.78 Å². The largest absolute Gasteiger partial charge is 0.506 e. The van der Waals surface area contributed by atoms with Gasteiger partial charge in [0.05, 0.1) is 28.8 Å². The molecule has 3 rings (SSSR count). The lowest BCUT2D eigenvalue weighted by Crippen LogP contribution is -2.15. The van der Waals surface area contributed by atoms with Crippen molar-refractivity contribution in [2.45, 2.75) is 19.8 Å². The van der Waals surface area contributed by atoms with E-state index in [4.69, 9.17) is 23.2 Å². The number of aromatic hydroxyl groups is 1. The minimum atomic E-state index is -0.369. The van der Waals surface area contributed by atoms with E-state index in [1.807, 2.05) is 26.0 Å². The second kappa shape index (κ2) is 7.40. The van der Waals surface area contributed by atoms with Crippen LogP contribution in [0.2, 0.25) is 10.0 Å². The van der Waals surface area contributed by atoms with Crippen LogP contribution in [-0.4, -0.2) is 20.8 Å². The van der Waals surface area contributed by atoms with Crippen molar-refractivity contribution in [3.8, 4) is 11.4 Å². The van der Waals surface area contributed by atoms with Gasteiger partial charge in [-0.25, -0.2) is 4.68 Å². The Kier molecular flexibility index (Phi) is 5.20. The molecule has 0 spiro atoms. The highest BCUT2D eigenvalue weighted by atomic mass is 35.5. The Labute approximate surface area is 161 Å². The molecule has 1 heterocycles. The van der Waals surface area contributed by atoms with Crippen molar-refractivity contribution in [3.63, 3.8) is 0 Å². The van der Waals surface area contributed by atoms with Gasteiger partial charge in [-0.1, -0.05) is 37.0 Å². The number of hydrogen-bond acceptors (Lipinski definition) is 3. The lowest BCUT2D eigenvalue weighted by atomic mass is 10.0. The summed E-state index contributed by atoms with van der Waals surface area (Å²) in [6, 6.07) is 11.7. The Balaban J connectivity index is 1.98. The van der Waals surface area contributed by atoms with Gasteiger partial charge in [0.2, 0.25) is 0 Å². The zero-order valence-electron chi connectivity index (χ0n) is 14.2. The van der Waals surface area contributed by atoms with E-state index in [0.29, 0.717) is 15.6 Å². The molecule has 134 valence electrons. The van der Waals surface area contributed by atoms with Gasteiger partial charge in [0.1, 0.15) is 5.75 Å². The maximum atomic E-state index is 12.8. The molecule has 1 amide bonds. The van der Waals surface area contributed by atoms with E-state index in [9.17, 15) is 9.90 Å². The van der Waals surface area contributed by atoms with Gasteiger partial charge in [-0.3, -0.25) is 4.79 Å². The Morgan fingerprint density at radius 3 is 2.42 bits per heavy atom. The third-order valence-electron chi connectivity index (χ3n) is 3.88. The monoisotopic (exact) mass is 389 g/mol. The first-order chi connectivity index (χ1) is 12.4. The fourth-order valence-corrected chi connectivity index (χ4v) is 2.97. The van der Waals surface area contributed by atoms with Crippen LogP contribution in [0.4, 0.5) is 5.69 Å². The first-order valence-electron chi connectivity index (χ1n) is 8.00. The van der Waals surface area contributed by atoms with Gasteiger partial charge in [0.25, 0.3) is 5.91 Å². The van der Waals surface area contributed by atoms with Gasteiger partial charge in [-0.2, -0.15) is 5.10 Å². The van der Waals surface area contributed by atoms with Crippen molar-refractivity contribution in [2.24, 2.45) is 0 Å². The third-order valence-corrected chi connectivity index (χ3v) is 4.36. The summed E-state index contributed by atoms with van der Waals surface area (Å²) >= 11 is 11.9. The van der Waals surface area contributed by atoms with Gasteiger partial charge >= 0.3 is 0 Å². The maximum absolute atomic E-state index is 12.8. The molecule has 0 radical (unpaired) electrons. The van der Waals surface area contributed by atoms with Crippen LogP contribution < -0.4 is 5.32 Å². The number of benzene rings is 2. The summed E-state index contributed by atoms with van der Waals surface area (Å²) < 4.78 is 1.72. The van der Waals surface area contributed by atoms with Crippen LogP contribution in [0, 0.1) is 0 Å². The summed E-state index contributed by atoms with van der Waals surface area (Å²) in [5.74, 6) is -0.382. The number of aromatic nitrogens is 2. The SMILES string of the molecule is CC(C)c1c(C(=O)Nc2cc(Cl)ccc2O)cnn1-c1ccc(Cl)cc1. The number of hydrogen-bond donors (Lipinski definition) is 2. The number of halogens is 2. The van der Waals surface area contributed by atoms with Crippen LogP contribution in [0.3, 0.4) is 0 Å². The quantitative estimate of drug-likeness (QED) is 0.597. The maximum Gasteiger partial charge on any atom is 0.259 e. The molecular formula is C19H17Cl2N3O2. The Morgan fingerprint density at radius 1 is 1.12 bits per heavy atom. The number of carbonyl (C=O) groups is 1. The van der Waals surface area contributed by atoms with Crippen LogP contribution in [0.1, 0.15) is 35.8 Å². The molecule has 1 aromatic heterocycles. The number of carbonyl (C=O) groups excluding carboxylic acids is 1. The molecule has 5 nitrogen and oxygen atoms in total. The number of anilines is 1. The third kappa shape index (κ3) is 3.69. The average molecular weight is 390 g/mol. The average Bonchev–Trinajstić information content (AvgIpc) is 3.04. The number of nitrogens with zero attached hydrogens (tertiary/aromatic N) is 2. The van der Waals surface area contributed by atoms with Crippen LogP contribution in [0.15, 0.2) is 48.7 Å². The Hall–Kier alpha value is -2.50. The van der Waals surface area contributed by atoms with Crippen LogP contribution >= 0.6 is 23.2 Å². The molecule has 0 aliphatic heterocycles. The first kappa shape index (κ1) is 18.3. The van der Waals surface area contributed by atoms with Crippen molar-refractivity contribution < 1.29 is 9.90 Å². The molecule has 0 atom stereocenters. The summed E-state index contributed by atoms with van der Waals surface area (Å²) in [7, 11) is 0. The topological polar surface area (TPSA) is 67.2 Å².